The molecule has 44 heavy (non-hydrogen) atoms. The molecule has 10 heteroatoms. The van der Waals surface area contributed by atoms with Gasteiger partial charge in [0.15, 0.2) is 0 Å². The molecule has 3 saturated carbocycles. The minimum absolute atomic E-state index is 0.0211. The van der Waals surface area contributed by atoms with Gasteiger partial charge in [-0.2, -0.15) is 5.26 Å². The summed E-state index contributed by atoms with van der Waals surface area (Å²) in [6.07, 6.45) is 8.43. The van der Waals surface area contributed by atoms with Crippen LogP contribution in [0, 0.1) is 22.7 Å². The van der Waals surface area contributed by atoms with E-state index >= 15 is 0 Å². The summed E-state index contributed by atoms with van der Waals surface area (Å²) in [5.74, 6) is 7.34. The van der Waals surface area contributed by atoms with Gasteiger partial charge in [-0.1, -0.05) is 44.5 Å². The fourth-order valence-electron chi connectivity index (χ4n) is 6.44. The second-order valence-corrected chi connectivity index (χ2v) is 13.9. The predicted molar refractivity (Wildman–Crippen MR) is 178 cm³/mol. The number of nitrogens with zero attached hydrogens (tertiary/aromatic N) is 4. The van der Waals surface area contributed by atoms with Crippen molar-refractivity contribution in [2.45, 2.75) is 65.1 Å². The second-order valence-electron chi connectivity index (χ2n) is 13.5. The van der Waals surface area contributed by atoms with Crippen molar-refractivity contribution in [3.05, 3.63) is 87.2 Å². The number of rotatable bonds is 9. The number of hydrazine groups is 1. The Bertz CT molecular complexity index is 1880. The van der Waals surface area contributed by atoms with Crippen LogP contribution in [0.3, 0.4) is 0 Å². The van der Waals surface area contributed by atoms with Crippen molar-refractivity contribution in [3.8, 4) is 6.07 Å². The summed E-state index contributed by atoms with van der Waals surface area (Å²) < 4.78 is 1.69. The van der Waals surface area contributed by atoms with Crippen LogP contribution in [0.15, 0.2) is 65.5 Å². The van der Waals surface area contributed by atoms with Gasteiger partial charge in [0.2, 0.25) is 0 Å². The minimum atomic E-state index is -0.541. The molecule has 0 saturated heterocycles. The lowest BCUT2D eigenvalue weighted by molar-refractivity contribution is -0.124. The van der Waals surface area contributed by atoms with Crippen LogP contribution in [0.5, 0.6) is 0 Å². The molecule has 9 nitrogen and oxygen atoms in total. The molecule has 228 valence electrons. The highest BCUT2D eigenvalue weighted by atomic mass is 35.5. The van der Waals surface area contributed by atoms with E-state index in [4.69, 9.17) is 23.2 Å². The molecule has 0 spiro atoms. The third-order valence-corrected chi connectivity index (χ3v) is 9.32. The van der Waals surface area contributed by atoms with E-state index in [1.54, 1.807) is 15.8 Å². The van der Waals surface area contributed by atoms with Gasteiger partial charge in [0, 0.05) is 48.1 Å². The molecule has 7 rings (SSSR count). The normalized spacial score (nSPS) is 20.0. The molecule has 2 bridgehead atoms. The average Bonchev–Trinajstić information content (AvgIpc) is 2.92. The maximum absolute atomic E-state index is 13.3. The van der Waals surface area contributed by atoms with Crippen molar-refractivity contribution in [3.63, 3.8) is 0 Å². The Kier molecular flexibility index (Phi) is 7.47. The molecule has 0 radical (unpaired) electrons. The number of aryl methyl sites for hydroxylation is 1. The number of nitrogens with one attached hydrogen (secondary N) is 2. The standard InChI is InChI=1S/C34H39ClN8O/c1-5-42-10-9-23-24(7-6-8-25(23)32(42)44)31(28(37)18-43(38)34-13-20(14-34)15-34)41-22-11-26-29(40-19-33(2,3)4)21(16-36)17-39-30(26)27(35)12-22/h6-12,17-18,20,31,41H,5,13-15,19,37-38H2,1-4H3,(H,39,40)/b28-18-/t20?,31-,34?/m0/s1. The molecular formula is C34H39ClN8O. The van der Waals surface area contributed by atoms with E-state index in [0.29, 0.717) is 51.7 Å². The first-order valence-electron chi connectivity index (χ1n) is 15.1. The highest BCUT2D eigenvalue weighted by Crippen LogP contribution is 2.59. The molecule has 3 aliphatic carbocycles. The van der Waals surface area contributed by atoms with Gasteiger partial charge < -0.3 is 25.9 Å². The Labute approximate surface area is 262 Å². The molecule has 3 fully saturated rings. The zero-order chi connectivity index (χ0) is 31.4. The van der Waals surface area contributed by atoms with Crippen molar-refractivity contribution >= 4 is 44.7 Å². The molecule has 6 N–H and O–H groups in total. The molecule has 0 aliphatic heterocycles. The van der Waals surface area contributed by atoms with Crippen LogP contribution < -0.4 is 27.8 Å². The molecule has 2 aromatic carbocycles. The zero-order valence-corrected chi connectivity index (χ0v) is 26.4. The first-order valence-corrected chi connectivity index (χ1v) is 15.5. The summed E-state index contributed by atoms with van der Waals surface area (Å²) in [6.45, 7) is 9.55. The van der Waals surface area contributed by atoms with Gasteiger partial charge >= 0.3 is 0 Å². The van der Waals surface area contributed by atoms with E-state index in [-0.39, 0.29) is 16.5 Å². The minimum Gasteiger partial charge on any atom is -0.399 e. The Morgan fingerprint density at radius 1 is 1.25 bits per heavy atom. The fraction of sp³-hybridized carbons (Fsp3) is 0.382. The predicted octanol–water partition coefficient (Wildman–Crippen LogP) is 6.23. The van der Waals surface area contributed by atoms with Gasteiger partial charge in [-0.05, 0) is 72.7 Å². The number of aromatic nitrogens is 2. The number of halogens is 1. The Hall–Kier alpha value is -4.26. The summed E-state index contributed by atoms with van der Waals surface area (Å²) in [7, 11) is 0. The van der Waals surface area contributed by atoms with Gasteiger partial charge in [-0.3, -0.25) is 9.78 Å². The average molecular weight is 611 g/mol. The zero-order valence-electron chi connectivity index (χ0n) is 25.6. The number of benzene rings is 2. The molecule has 2 aromatic heterocycles. The van der Waals surface area contributed by atoms with Crippen LogP contribution in [0.2, 0.25) is 5.02 Å². The molecule has 4 aromatic rings. The lowest BCUT2D eigenvalue weighted by Gasteiger charge is -2.65. The Balaban J connectivity index is 1.48. The molecule has 2 heterocycles. The maximum atomic E-state index is 13.3. The molecular weight excluding hydrogens is 572 g/mol. The Morgan fingerprint density at radius 2 is 2.00 bits per heavy atom. The van der Waals surface area contributed by atoms with Crippen molar-refractivity contribution in [1.82, 2.24) is 14.6 Å². The largest absolute Gasteiger partial charge is 0.399 e. The number of hydrogen-bond acceptors (Lipinski definition) is 8. The first kappa shape index (κ1) is 29.8. The number of nitriles is 1. The van der Waals surface area contributed by atoms with Crippen molar-refractivity contribution < 1.29 is 0 Å². The van der Waals surface area contributed by atoms with E-state index in [0.717, 1.165) is 41.5 Å². The fourth-order valence-corrected chi connectivity index (χ4v) is 6.71. The summed E-state index contributed by atoms with van der Waals surface area (Å²) in [5, 5.41) is 21.3. The van der Waals surface area contributed by atoms with Crippen LogP contribution in [-0.2, 0) is 6.54 Å². The van der Waals surface area contributed by atoms with Crippen molar-refractivity contribution in [2.75, 3.05) is 17.2 Å². The van der Waals surface area contributed by atoms with E-state index in [2.05, 4.69) is 42.5 Å². The lowest BCUT2D eigenvalue weighted by atomic mass is 9.49. The van der Waals surface area contributed by atoms with Crippen LogP contribution in [0.25, 0.3) is 21.7 Å². The van der Waals surface area contributed by atoms with Gasteiger partial charge in [-0.25, -0.2) is 5.84 Å². The van der Waals surface area contributed by atoms with E-state index in [9.17, 15) is 10.1 Å². The van der Waals surface area contributed by atoms with Gasteiger partial charge in [0.25, 0.3) is 5.56 Å². The highest BCUT2D eigenvalue weighted by molar-refractivity contribution is 6.35. The number of fused-ring (bicyclic) bond motifs is 2. The van der Waals surface area contributed by atoms with Crippen LogP contribution >= 0.6 is 11.6 Å². The number of pyridine rings is 2. The first-order chi connectivity index (χ1) is 20.9. The van der Waals surface area contributed by atoms with E-state index in [1.807, 2.05) is 55.7 Å². The molecule has 3 aliphatic rings. The van der Waals surface area contributed by atoms with Gasteiger partial charge in [0.05, 0.1) is 39.1 Å². The smallest absolute Gasteiger partial charge is 0.258 e. The number of hydrogen-bond donors (Lipinski definition) is 4. The van der Waals surface area contributed by atoms with E-state index in [1.165, 1.54) is 0 Å². The second kappa shape index (κ2) is 11.0. The monoisotopic (exact) mass is 610 g/mol. The molecule has 0 unspecified atom stereocenters. The third kappa shape index (κ3) is 5.23. The highest BCUT2D eigenvalue weighted by Gasteiger charge is 2.59. The SMILES string of the molecule is CCn1ccc2c([C@H](Nc3cc(Cl)c4ncc(C#N)c(NCC(C)(C)C)c4c3)/C(N)=C/N(N)C34CC(C3)C4)cccc2c1=O. The topological polar surface area (TPSA) is 138 Å². The summed E-state index contributed by atoms with van der Waals surface area (Å²) >= 11 is 6.82. The number of anilines is 2. The Morgan fingerprint density at radius 3 is 2.64 bits per heavy atom. The molecule has 1 atom stereocenters. The summed E-state index contributed by atoms with van der Waals surface area (Å²) in [6, 6.07) is 13.1. The molecule has 0 amide bonds. The number of nitrogens with two attached hydrogens (primary N) is 2. The van der Waals surface area contributed by atoms with Crippen molar-refractivity contribution in [2.24, 2.45) is 22.9 Å². The van der Waals surface area contributed by atoms with Gasteiger partial charge in [-0.15, -0.1) is 0 Å². The van der Waals surface area contributed by atoms with Crippen molar-refractivity contribution in [1.29, 1.82) is 5.26 Å². The quantitative estimate of drug-likeness (QED) is 0.129. The summed E-state index contributed by atoms with van der Waals surface area (Å²) in [4.78, 5) is 17.8. The van der Waals surface area contributed by atoms with Gasteiger partial charge in [0.1, 0.15) is 6.07 Å². The summed E-state index contributed by atoms with van der Waals surface area (Å²) in [5.41, 5.74) is 10.5. The maximum Gasteiger partial charge on any atom is 0.258 e. The third-order valence-electron chi connectivity index (χ3n) is 9.03. The van der Waals surface area contributed by atoms with Crippen LogP contribution in [0.4, 0.5) is 11.4 Å². The van der Waals surface area contributed by atoms with Crippen LogP contribution in [0.1, 0.15) is 64.1 Å². The van der Waals surface area contributed by atoms with E-state index < -0.39 is 6.04 Å². The lowest BCUT2D eigenvalue weighted by Crippen LogP contribution is -2.68. The van der Waals surface area contributed by atoms with Crippen LogP contribution in [-0.4, -0.2) is 26.6 Å².